The van der Waals surface area contributed by atoms with Gasteiger partial charge in [-0.2, -0.15) is 0 Å². The van der Waals surface area contributed by atoms with Gasteiger partial charge >= 0.3 is 0 Å². The van der Waals surface area contributed by atoms with Gasteiger partial charge in [0.05, 0.1) is 0 Å². The number of halogens is 1. The Morgan fingerprint density at radius 2 is 1.68 bits per heavy atom. The fourth-order valence-electron chi connectivity index (χ4n) is 2.63. The molecule has 0 fully saturated rings. The van der Waals surface area contributed by atoms with Gasteiger partial charge in [0.15, 0.2) is 5.78 Å². The van der Waals surface area contributed by atoms with E-state index in [1.165, 1.54) is 0 Å². The van der Waals surface area contributed by atoms with Crippen LogP contribution in [0.1, 0.15) is 34.0 Å². The highest BCUT2D eigenvalue weighted by Crippen LogP contribution is 2.33. The maximum Gasteiger partial charge on any atom is 0.163 e. The summed E-state index contributed by atoms with van der Waals surface area (Å²) in [7, 11) is 0. The van der Waals surface area contributed by atoms with Crippen molar-refractivity contribution in [2.75, 3.05) is 0 Å². The number of aromatic amines is 1. The highest BCUT2D eigenvalue weighted by Gasteiger charge is 2.21. The number of rotatable bonds is 5. The van der Waals surface area contributed by atoms with Crippen molar-refractivity contribution in [1.82, 2.24) is 4.98 Å². The second-order valence-electron chi connectivity index (χ2n) is 5.19. The maximum atomic E-state index is 12.6. The van der Waals surface area contributed by atoms with Crippen molar-refractivity contribution in [3.8, 4) is 0 Å². The molecule has 22 heavy (non-hydrogen) atoms. The standard InChI is InChI=1S/C19H16ClNO/c20-17-10-5-4-9-15(17)16(18-11-6-12-21-18)13-19(22)14-7-2-1-3-8-14/h1-12,16,21H,13H2/t16-/m0/s1. The van der Waals surface area contributed by atoms with Crippen molar-refractivity contribution in [2.45, 2.75) is 12.3 Å². The van der Waals surface area contributed by atoms with Crippen LogP contribution in [0.4, 0.5) is 0 Å². The third kappa shape index (κ3) is 3.12. The largest absolute Gasteiger partial charge is 0.364 e. The molecular weight excluding hydrogens is 294 g/mol. The fourth-order valence-corrected chi connectivity index (χ4v) is 2.90. The van der Waals surface area contributed by atoms with Crippen LogP contribution in [0.2, 0.25) is 5.02 Å². The van der Waals surface area contributed by atoms with E-state index < -0.39 is 0 Å². The lowest BCUT2D eigenvalue weighted by Gasteiger charge is -2.17. The highest BCUT2D eigenvalue weighted by atomic mass is 35.5. The molecule has 0 saturated carbocycles. The topological polar surface area (TPSA) is 32.9 Å². The van der Waals surface area contributed by atoms with Crippen LogP contribution in [-0.2, 0) is 0 Å². The molecule has 0 unspecified atom stereocenters. The van der Waals surface area contributed by atoms with E-state index in [0.29, 0.717) is 11.4 Å². The Balaban J connectivity index is 1.94. The van der Waals surface area contributed by atoms with E-state index in [0.717, 1.165) is 16.8 Å². The van der Waals surface area contributed by atoms with Gasteiger partial charge in [0, 0.05) is 34.8 Å². The Bertz CT molecular complexity index is 750. The van der Waals surface area contributed by atoms with E-state index in [-0.39, 0.29) is 11.7 Å². The molecule has 0 saturated heterocycles. The zero-order chi connectivity index (χ0) is 15.4. The minimum Gasteiger partial charge on any atom is -0.364 e. The Kier molecular flexibility index (Phi) is 4.40. The number of carbonyl (C=O) groups excluding carboxylic acids is 1. The predicted molar refractivity (Wildman–Crippen MR) is 89.5 cm³/mol. The summed E-state index contributed by atoms with van der Waals surface area (Å²) < 4.78 is 0. The van der Waals surface area contributed by atoms with E-state index in [2.05, 4.69) is 4.98 Å². The predicted octanol–water partition coefficient (Wildman–Crippen LogP) is 5.07. The number of ketones is 1. The monoisotopic (exact) mass is 309 g/mol. The van der Waals surface area contributed by atoms with Gasteiger partial charge in [-0.3, -0.25) is 4.79 Å². The van der Waals surface area contributed by atoms with Crippen LogP contribution in [-0.4, -0.2) is 10.8 Å². The van der Waals surface area contributed by atoms with Gasteiger partial charge in [-0.15, -0.1) is 0 Å². The molecule has 1 heterocycles. The molecule has 2 nitrogen and oxygen atoms in total. The van der Waals surface area contributed by atoms with Crippen LogP contribution >= 0.6 is 11.6 Å². The Labute approximate surface area is 134 Å². The normalized spacial score (nSPS) is 12.0. The summed E-state index contributed by atoms with van der Waals surface area (Å²) in [6.45, 7) is 0. The van der Waals surface area contributed by atoms with Gasteiger partial charge in [0.1, 0.15) is 0 Å². The van der Waals surface area contributed by atoms with Crippen LogP contribution < -0.4 is 0 Å². The first kappa shape index (κ1) is 14.6. The summed E-state index contributed by atoms with van der Waals surface area (Å²) in [5.41, 5.74) is 2.69. The first-order valence-electron chi connectivity index (χ1n) is 7.21. The van der Waals surface area contributed by atoms with Crippen molar-refractivity contribution < 1.29 is 4.79 Å². The average molecular weight is 310 g/mol. The molecule has 0 bridgehead atoms. The van der Waals surface area contributed by atoms with E-state index in [1.807, 2.05) is 72.9 Å². The highest BCUT2D eigenvalue weighted by molar-refractivity contribution is 6.31. The van der Waals surface area contributed by atoms with Crippen molar-refractivity contribution in [3.63, 3.8) is 0 Å². The molecule has 110 valence electrons. The van der Waals surface area contributed by atoms with Crippen LogP contribution in [0.15, 0.2) is 72.9 Å². The zero-order valence-electron chi connectivity index (χ0n) is 12.0. The van der Waals surface area contributed by atoms with Crippen LogP contribution in [0.3, 0.4) is 0 Å². The lowest BCUT2D eigenvalue weighted by molar-refractivity contribution is 0.0977. The van der Waals surface area contributed by atoms with Gasteiger partial charge in [0.2, 0.25) is 0 Å². The van der Waals surface area contributed by atoms with Gasteiger partial charge in [-0.1, -0.05) is 60.1 Å². The lowest BCUT2D eigenvalue weighted by Crippen LogP contribution is -2.10. The second kappa shape index (κ2) is 6.63. The number of hydrogen-bond donors (Lipinski definition) is 1. The van der Waals surface area contributed by atoms with Crippen molar-refractivity contribution >= 4 is 17.4 Å². The van der Waals surface area contributed by atoms with Crippen molar-refractivity contribution in [3.05, 3.63) is 94.8 Å². The van der Waals surface area contributed by atoms with Crippen molar-refractivity contribution in [1.29, 1.82) is 0 Å². The average Bonchev–Trinajstić information content (AvgIpc) is 3.08. The van der Waals surface area contributed by atoms with Crippen LogP contribution in [0.25, 0.3) is 0 Å². The number of benzene rings is 2. The van der Waals surface area contributed by atoms with E-state index in [1.54, 1.807) is 0 Å². The third-order valence-corrected chi connectivity index (χ3v) is 4.11. The second-order valence-corrected chi connectivity index (χ2v) is 5.60. The molecule has 1 N–H and O–H groups in total. The quantitative estimate of drug-likeness (QED) is 0.655. The Hall–Kier alpha value is -2.32. The van der Waals surface area contributed by atoms with Gasteiger partial charge < -0.3 is 4.98 Å². The Morgan fingerprint density at radius 1 is 0.955 bits per heavy atom. The van der Waals surface area contributed by atoms with Crippen LogP contribution in [0, 0.1) is 0 Å². The van der Waals surface area contributed by atoms with Crippen LogP contribution in [0.5, 0.6) is 0 Å². The molecule has 0 amide bonds. The molecule has 0 aliphatic carbocycles. The molecule has 3 heteroatoms. The number of hydrogen-bond acceptors (Lipinski definition) is 1. The molecule has 0 spiro atoms. The number of aromatic nitrogens is 1. The molecule has 3 rings (SSSR count). The first-order chi connectivity index (χ1) is 10.8. The van der Waals surface area contributed by atoms with Crippen molar-refractivity contribution in [2.24, 2.45) is 0 Å². The number of nitrogens with one attached hydrogen (secondary N) is 1. The molecule has 0 radical (unpaired) electrons. The number of Topliss-reactive ketones (excluding diaryl/α,β-unsaturated/α-hetero) is 1. The smallest absolute Gasteiger partial charge is 0.163 e. The summed E-state index contributed by atoms with van der Waals surface area (Å²) in [4.78, 5) is 15.8. The van der Waals surface area contributed by atoms with Gasteiger partial charge in [0.25, 0.3) is 0 Å². The van der Waals surface area contributed by atoms with E-state index >= 15 is 0 Å². The molecule has 1 atom stereocenters. The summed E-state index contributed by atoms with van der Waals surface area (Å²) in [6.07, 6.45) is 2.25. The molecule has 2 aromatic carbocycles. The minimum absolute atomic E-state index is 0.0728. The summed E-state index contributed by atoms with van der Waals surface area (Å²) >= 11 is 6.34. The summed E-state index contributed by atoms with van der Waals surface area (Å²) in [6, 6.07) is 21.0. The van der Waals surface area contributed by atoms with Gasteiger partial charge in [-0.05, 0) is 23.8 Å². The van der Waals surface area contributed by atoms with Gasteiger partial charge in [-0.25, -0.2) is 0 Å². The molecular formula is C19H16ClNO. The first-order valence-corrected chi connectivity index (χ1v) is 7.59. The number of carbonyl (C=O) groups is 1. The number of H-pyrrole nitrogens is 1. The maximum absolute atomic E-state index is 12.6. The Morgan fingerprint density at radius 3 is 2.36 bits per heavy atom. The van der Waals surface area contributed by atoms with E-state index in [9.17, 15) is 4.79 Å². The molecule has 0 aliphatic rings. The fraction of sp³-hybridized carbons (Fsp3) is 0.105. The summed E-state index contributed by atoms with van der Waals surface area (Å²) in [5, 5.41) is 0.683. The summed E-state index contributed by atoms with van der Waals surface area (Å²) in [5.74, 6) is 0.0384. The third-order valence-electron chi connectivity index (χ3n) is 3.76. The minimum atomic E-state index is -0.0728. The molecule has 0 aliphatic heterocycles. The molecule has 3 aromatic rings. The SMILES string of the molecule is O=C(C[C@H](c1ccc[nH]1)c1ccccc1Cl)c1ccccc1. The lowest BCUT2D eigenvalue weighted by atomic mass is 9.89. The zero-order valence-corrected chi connectivity index (χ0v) is 12.8. The van der Waals surface area contributed by atoms with E-state index in [4.69, 9.17) is 11.6 Å². The molecule has 1 aromatic heterocycles.